The molecule has 0 radical (unpaired) electrons. The van der Waals surface area contributed by atoms with Crippen molar-refractivity contribution in [3.8, 4) is 0 Å². The molecule has 0 spiro atoms. The molecule has 1 amide bonds. The lowest BCUT2D eigenvalue weighted by atomic mass is 10.2. The fourth-order valence-electron chi connectivity index (χ4n) is 2.01. The minimum Gasteiger partial charge on any atom is -0.337 e. The van der Waals surface area contributed by atoms with Crippen LogP contribution in [0.1, 0.15) is 12.8 Å². The Hall–Kier alpha value is -0.660. The number of carbonyl (C=O) groups excluding carboxylic acids is 1. The maximum Gasteiger partial charge on any atom is 0.238 e. The van der Waals surface area contributed by atoms with Gasteiger partial charge in [0.1, 0.15) is 0 Å². The molecule has 1 N–H and O–H groups in total. The predicted molar refractivity (Wildman–Crippen MR) is 66.1 cm³/mol. The number of likely N-dealkylation sites (tertiary alicyclic amines) is 1. The van der Waals surface area contributed by atoms with E-state index in [0.717, 1.165) is 36.5 Å². The average Bonchev–Trinajstić information content (AvgIpc) is 2.65. The normalized spacial score (nSPS) is 21.2. The number of nitrogens with one attached hydrogen (secondary N) is 1. The highest BCUT2D eigenvalue weighted by molar-refractivity contribution is 7.88. The summed E-state index contributed by atoms with van der Waals surface area (Å²) < 4.78 is 23.6. The Morgan fingerprint density at radius 1 is 1.53 bits per heavy atom. The Balaban J connectivity index is 2.58. The van der Waals surface area contributed by atoms with E-state index in [1.807, 2.05) is 7.05 Å². The Morgan fingerprint density at radius 3 is 2.71 bits per heavy atom. The molecule has 1 aliphatic heterocycles. The molecule has 1 unspecified atom stereocenters. The number of carbonyl (C=O) groups is 1. The molecular weight excluding hydrogens is 242 g/mol. The first-order chi connectivity index (χ1) is 7.86. The maximum atomic E-state index is 12.0. The molecule has 17 heavy (non-hydrogen) atoms. The molecule has 0 aromatic rings. The lowest BCUT2D eigenvalue weighted by Gasteiger charge is -2.26. The molecular formula is C10H21N3O3S. The molecule has 100 valence electrons. The number of sulfonamides is 1. The van der Waals surface area contributed by atoms with Crippen LogP contribution in [0.25, 0.3) is 0 Å². The van der Waals surface area contributed by atoms with Crippen LogP contribution >= 0.6 is 0 Å². The van der Waals surface area contributed by atoms with E-state index in [0.29, 0.717) is 0 Å². The third-order valence-electron chi connectivity index (χ3n) is 3.06. The number of hydrogen-bond acceptors (Lipinski definition) is 4. The van der Waals surface area contributed by atoms with E-state index in [-0.39, 0.29) is 18.5 Å². The minimum atomic E-state index is -3.29. The summed E-state index contributed by atoms with van der Waals surface area (Å²) >= 11 is 0. The van der Waals surface area contributed by atoms with Crippen molar-refractivity contribution >= 4 is 15.9 Å². The highest BCUT2D eigenvalue weighted by Crippen LogP contribution is 2.16. The zero-order valence-corrected chi connectivity index (χ0v) is 11.5. The van der Waals surface area contributed by atoms with Crippen LogP contribution in [0.5, 0.6) is 0 Å². The fraction of sp³-hybridized carbons (Fsp3) is 0.900. The number of likely N-dealkylation sites (N-methyl/N-ethyl adjacent to an activating group) is 2. The van der Waals surface area contributed by atoms with Crippen LogP contribution in [0.3, 0.4) is 0 Å². The second-order valence-corrected chi connectivity index (χ2v) is 6.55. The van der Waals surface area contributed by atoms with Gasteiger partial charge in [0, 0.05) is 26.2 Å². The highest BCUT2D eigenvalue weighted by Gasteiger charge is 2.29. The Labute approximate surface area is 103 Å². The average molecular weight is 263 g/mol. The second kappa shape index (κ2) is 5.79. The van der Waals surface area contributed by atoms with Gasteiger partial charge in [-0.2, -0.15) is 4.31 Å². The molecule has 0 saturated carbocycles. The topological polar surface area (TPSA) is 69.7 Å². The van der Waals surface area contributed by atoms with Gasteiger partial charge in [0.2, 0.25) is 15.9 Å². The van der Waals surface area contributed by atoms with Gasteiger partial charge in [-0.25, -0.2) is 8.42 Å². The zero-order chi connectivity index (χ0) is 13.1. The minimum absolute atomic E-state index is 0.0704. The molecule has 0 aliphatic carbocycles. The van der Waals surface area contributed by atoms with E-state index in [4.69, 9.17) is 0 Å². The lowest BCUT2D eigenvalue weighted by Crippen LogP contribution is -2.45. The smallest absolute Gasteiger partial charge is 0.238 e. The highest BCUT2D eigenvalue weighted by atomic mass is 32.2. The van der Waals surface area contributed by atoms with E-state index < -0.39 is 10.0 Å². The van der Waals surface area contributed by atoms with Gasteiger partial charge in [-0.15, -0.1) is 0 Å². The summed E-state index contributed by atoms with van der Waals surface area (Å²) in [7, 11) is -0.00924. The van der Waals surface area contributed by atoms with Crippen molar-refractivity contribution < 1.29 is 13.2 Å². The van der Waals surface area contributed by atoms with Crippen LogP contribution in [-0.2, 0) is 14.8 Å². The van der Waals surface area contributed by atoms with E-state index in [2.05, 4.69) is 5.32 Å². The second-order valence-electron chi connectivity index (χ2n) is 4.46. The standard InChI is InChI=1S/C10H21N3O3S/c1-11-7-9-5-4-6-13(9)10(14)8-12(2)17(3,15)16/h9,11H,4-8H2,1-3H3. The SMILES string of the molecule is CNCC1CCCN1C(=O)CN(C)S(C)(=O)=O. The van der Waals surface area contributed by atoms with Gasteiger partial charge in [-0.1, -0.05) is 0 Å². The molecule has 6 nitrogen and oxygen atoms in total. The maximum absolute atomic E-state index is 12.0. The van der Waals surface area contributed by atoms with Crippen molar-refractivity contribution in [1.82, 2.24) is 14.5 Å². The van der Waals surface area contributed by atoms with Gasteiger partial charge >= 0.3 is 0 Å². The molecule has 7 heteroatoms. The van der Waals surface area contributed by atoms with Gasteiger partial charge in [0.25, 0.3) is 0 Å². The summed E-state index contributed by atoms with van der Waals surface area (Å²) in [6, 6.07) is 0.195. The summed E-state index contributed by atoms with van der Waals surface area (Å²) in [6.07, 6.45) is 3.07. The molecule has 1 fully saturated rings. The van der Waals surface area contributed by atoms with Crippen molar-refractivity contribution in [3.63, 3.8) is 0 Å². The quantitative estimate of drug-likeness (QED) is 0.697. The van der Waals surface area contributed by atoms with Crippen molar-refractivity contribution in [2.24, 2.45) is 0 Å². The number of hydrogen-bond donors (Lipinski definition) is 1. The fourth-order valence-corrected chi connectivity index (χ4v) is 2.36. The predicted octanol–water partition coefficient (Wildman–Crippen LogP) is -0.912. The van der Waals surface area contributed by atoms with Crippen LogP contribution in [-0.4, -0.2) is 69.6 Å². The summed E-state index contributed by atoms with van der Waals surface area (Å²) in [5.74, 6) is -0.115. The van der Waals surface area contributed by atoms with Crippen LogP contribution in [0, 0.1) is 0 Å². The molecule has 0 aromatic heterocycles. The van der Waals surface area contributed by atoms with Crippen LogP contribution in [0.4, 0.5) is 0 Å². The van der Waals surface area contributed by atoms with Crippen molar-refractivity contribution in [2.75, 3.05) is 40.0 Å². The van der Waals surface area contributed by atoms with Crippen molar-refractivity contribution in [3.05, 3.63) is 0 Å². The van der Waals surface area contributed by atoms with Gasteiger partial charge in [-0.3, -0.25) is 4.79 Å². The summed E-state index contributed by atoms with van der Waals surface area (Å²) in [5, 5.41) is 3.05. The van der Waals surface area contributed by atoms with E-state index in [9.17, 15) is 13.2 Å². The Bertz CT molecular complexity index is 369. The van der Waals surface area contributed by atoms with Crippen molar-refractivity contribution in [2.45, 2.75) is 18.9 Å². The van der Waals surface area contributed by atoms with Gasteiger partial charge < -0.3 is 10.2 Å². The Morgan fingerprint density at radius 2 is 2.18 bits per heavy atom. The first-order valence-electron chi connectivity index (χ1n) is 5.71. The van der Waals surface area contributed by atoms with E-state index >= 15 is 0 Å². The summed E-state index contributed by atoms with van der Waals surface area (Å²) in [4.78, 5) is 13.8. The summed E-state index contributed by atoms with van der Waals surface area (Å²) in [5.41, 5.74) is 0. The number of amides is 1. The molecule has 1 heterocycles. The number of rotatable bonds is 5. The molecule has 0 aromatic carbocycles. The van der Waals surface area contributed by atoms with Crippen LogP contribution in [0.2, 0.25) is 0 Å². The first-order valence-corrected chi connectivity index (χ1v) is 7.56. The number of nitrogens with zero attached hydrogens (tertiary/aromatic N) is 2. The molecule has 1 rings (SSSR count). The van der Waals surface area contributed by atoms with Crippen molar-refractivity contribution in [1.29, 1.82) is 0 Å². The van der Waals surface area contributed by atoms with E-state index in [1.165, 1.54) is 7.05 Å². The lowest BCUT2D eigenvalue weighted by molar-refractivity contribution is -0.131. The largest absolute Gasteiger partial charge is 0.337 e. The molecule has 1 atom stereocenters. The van der Waals surface area contributed by atoms with Gasteiger partial charge in [-0.05, 0) is 19.9 Å². The monoisotopic (exact) mass is 263 g/mol. The van der Waals surface area contributed by atoms with Crippen LogP contribution < -0.4 is 5.32 Å². The molecule has 1 saturated heterocycles. The third-order valence-corrected chi connectivity index (χ3v) is 4.32. The molecule has 1 aliphatic rings. The van der Waals surface area contributed by atoms with Crippen LogP contribution in [0.15, 0.2) is 0 Å². The molecule has 0 bridgehead atoms. The Kier molecular flexibility index (Phi) is 4.91. The van der Waals surface area contributed by atoms with E-state index in [1.54, 1.807) is 4.90 Å². The first kappa shape index (κ1) is 14.4. The zero-order valence-electron chi connectivity index (χ0n) is 10.6. The summed E-state index contributed by atoms with van der Waals surface area (Å²) in [6.45, 7) is 1.41. The van der Waals surface area contributed by atoms with Gasteiger partial charge in [0.15, 0.2) is 0 Å². The third kappa shape index (κ3) is 3.93. The van der Waals surface area contributed by atoms with Gasteiger partial charge in [0.05, 0.1) is 12.8 Å².